The summed E-state index contributed by atoms with van der Waals surface area (Å²) in [7, 11) is 0. The Morgan fingerprint density at radius 3 is 2.05 bits per heavy atom. The molecule has 3 heteroatoms. The molecule has 0 N–H and O–H groups in total. The lowest BCUT2D eigenvalue weighted by Gasteiger charge is -2.18. The Morgan fingerprint density at radius 2 is 1.50 bits per heavy atom. The van der Waals surface area contributed by atoms with Crippen molar-refractivity contribution in [2.75, 3.05) is 0 Å². The van der Waals surface area contributed by atoms with E-state index in [1.165, 1.54) is 0 Å². The van der Waals surface area contributed by atoms with Crippen molar-refractivity contribution in [2.24, 2.45) is 0 Å². The standard InChI is InChI=1S/C19H15N3/c20-12-16-6-2-1-5-15(16)11-19(17-7-3-9-21-13-17)18-8-4-10-22-14-18/h1-10,13-14,19H,11H2. The molecular formula is C19H15N3. The first-order chi connectivity index (χ1) is 10.9. The summed E-state index contributed by atoms with van der Waals surface area (Å²) in [4.78, 5) is 8.46. The van der Waals surface area contributed by atoms with E-state index < -0.39 is 0 Å². The average Bonchev–Trinajstić information content (AvgIpc) is 2.61. The zero-order chi connectivity index (χ0) is 15.2. The van der Waals surface area contributed by atoms with Crippen LogP contribution in [0.25, 0.3) is 0 Å². The molecule has 1 aromatic carbocycles. The van der Waals surface area contributed by atoms with Crippen LogP contribution in [0.15, 0.2) is 73.3 Å². The number of aromatic nitrogens is 2. The Morgan fingerprint density at radius 1 is 0.864 bits per heavy atom. The molecular weight excluding hydrogens is 270 g/mol. The Labute approximate surface area is 129 Å². The van der Waals surface area contributed by atoms with Crippen LogP contribution in [0.5, 0.6) is 0 Å². The predicted molar refractivity (Wildman–Crippen MR) is 85.2 cm³/mol. The molecule has 0 saturated carbocycles. The molecule has 0 aliphatic rings. The maximum absolute atomic E-state index is 9.30. The van der Waals surface area contributed by atoms with E-state index >= 15 is 0 Å². The van der Waals surface area contributed by atoms with Gasteiger partial charge in [0.1, 0.15) is 0 Å². The molecule has 3 aromatic rings. The van der Waals surface area contributed by atoms with E-state index in [0.29, 0.717) is 0 Å². The first-order valence-corrected chi connectivity index (χ1v) is 7.16. The molecule has 0 saturated heterocycles. The van der Waals surface area contributed by atoms with Crippen LogP contribution in [0.2, 0.25) is 0 Å². The van der Waals surface area contributed by atoms with Crippen LogP contribution in [0.4, 0.5) is 0 Å². The van der Waals surface area contributed by atoms with Crippen LogP contribution in [-0.2, 0) is 6.42 Å². The molecule has 3 nitrogen and oxygen atoms in total. The number of nitriles is 1. The number of pyridine rings is 2. The van der Waals surface area contributed by atoms with Gasteiger partial charge in [0.05, 0.1) is 11.6 Å². The van der Waals surface area contributed by atoms with E-state index in [4.69, 9.17) is 0 Å². The first-order valence-electron chi connectivity index (χ1n) is 7.16. The van der Waals surface area contributed by atoms with Crippen molar-refractivity contribution in [1.29, 1.82) is 5.26 Å². The number of nitrogens with zero attached hydrogens (tertiary/aromatic N) is 3. The van der Waals surface area contributed by atoms with Crippen molar-refractivity contribution in [2.45, 2.75) is 12.3 Å². The summed E-state index contributed by atoms with van der Waals surface area (Å²) in [5, 5.41) is 9.30. The zero-order valence-electron chi connectivity index (χ0n) is 12.1. The molecule has 0 unspecified atom stereocenters. The van der Waals surface area contributed by atoms with Crippen molar-refractivity contribution in [3.63, 3.8) is 0 Å². The van der Waals surface area contributed by atoms with Crippen LogP contribution in [0, 0.1) is 11.3 Å². The van der Waals surface area contributed by atoms with E-state index in [0.717, 1.165) is 28.7 Å². The van der Waals surface area contributed by atoms with Gasteiger partial charge < -0.3 is 0 Å². The van der Waals surface area contributed by atoms with Crippen molar-refractivity contribution in [1.82, 2.24) is 9.97 Å². The summed E-state index contributed by atoms with van der Waals surface area (Å²) >= 11 is 0. The molecule has 0 fully saturated rings. The van der Waals surface area contributed by atoms with Gasteiger partial charge in [-0.2, -0.15) is 5.26 Å². The van der Waals surface area contributed by atoms with Crippen LogP contribution in [-0.4, -0.2) is 9.97 Å². The van der Waals surface area contributed by atoms with Crippen LogP contribution < -0.4 is 0 Å². The van der Waals surface area contributed by atoms with Crippen molar-refractivity contribution >= 4 is 0 Å². The van der Waals surface area contributed by atoms with Gasteiger partial charge in [0, 0.05) is 30.7 Å². The second-order valence-corrected chi connectivity index (χ2v) is 5.10. The molecule has 22 heavy (non-hydrogen) atoms. The Kier molecular flexibility index (Phi) is 4.22. The van der Waals surface area contributed by atoms with Crippen molar-refractivity contribution in [3.8, 4) is 6.07 Å². The maximum Gasteiger partial charge on any atom is 0.0994 e. The van der Waals surface area contributed by atoms with E-state index in [1.807, 2.05) is 48.8 Å². The fourth-order valence-electron chi connectivity index (χ4n) is 2.62. The number of benzene rings is 1. The summed E-state index contributed by atoms with van der Waals surface area (Å²) in [6.07, 6.45) is 8.06. The van der Waals surface area contributed by atoms with Crippen LogP contribution in [0.1, 0.15) is 28.2 Å². The molecule has 0 amide bonds. The smallest absolute Gasteiger partial charge is 0.0994 e. The van der Waals surface area contributed by atoms with E-state index in [1.54, 1.807) is 12.4 Å². The Hall–Kier alpha value is -2.99. The molecule has 0 aliphatic carbocycles. The molecule has 0 radical (unpaired) electrons. The molecule has 2 heterocycles. The summed E-state index contributed by atoms with van der Waals surface area (Å²) in [6.45, 7) is 0. The largest absolute Gasteiger partial charge is 0.264 e. The second kappa shape index (κ2) is 6.64. The molecule has 0 spiro atoms. The zero-order valence-corrected chi connectivity index (χ0v) is 12.1. The summed E-state index contributed by atoms with van der Waals surface area (Å²) < 4.78 is 0. The minimum absolute atomic E-state index is 0.136. The number of hydrogen-bond acceptors (Lipinski definition) is 3. The molecule has 0 atom stereocenters. The van der Waals surface area contributed by atoms with Crippen molar-refractivity contribution < 1.29 is 0 Å². The van der Waals surface area contributed by atoms with Gasteiger partial charge in [-0.05, 0) is 41.3 Å². The minimum Gasteiger partial charge on any atom is -0.264 e. The van der Waals surface area contributed by atoms with Crippen molar-refractivity contribution in [3.05, 3.63) is 95.6 Å². The molecule has 3 rings (SSSR count). The first kappa shape index (κ1) is 14.0. The van der Waals surface area contributed by atoms with Gasteiger partial charge in [-0.1, -0.05) is 30.3 Å². The minimum atomic E-state index is 0.136. The fraction of sp³-hybridized carbons (Fsp3) is 0.105. The lowest BCUT2D eigenvalue weighted by Crippen LogP contribution is -2.07. The highest BCUT2D eigenvalue weighted by Crippen LogP contribution is 2.28. The van der Waals surface area contributed by atoms with Crippen LogP contribution >= 0.6 is 0 Å². The topological polar surface area (TPSA) is 49.6 Å². The van der Waals surface area contributed by atoms with Gasteiger partial charge in [0.25, 0.3) is 0 Å². The van der Waals surface area contributed by atoms with Gasteiger partial charge >= 0.3 is 0 Å². The van der Waals surface area contributed by atoms with Crippen LogP contribution in [0.3, 0.4) is 0 Å². The number of hydrogen-bond donors (Lipinski definition) is 0. The average molecular weight is 285 g/mol. The monoisotopic (exact) mass is 285 g/mol. The lowest BCUT2D eigenvalue weighted by molar-refractivity contribution is 0.792. The quantitative estimate of drug-likeness (QED) is 0.734. The van der Waals surface area contributed by atoms with Gasteiger partial charge in [0.2, 0.25) is 0 Å². The number of rotatable bonds is 4. The van der Waals surface area contributed by atoms with E-state index in [2.05, 4.69) is 28.2 Å². The summed E-state index contributed by atoms with van der Waals surface area (Å²) in [5.74, 6) is 0.136. The predicted octanol–water partition coefficient (Wildman–Crippen LogP) is 3.72. The fourth-order valence-corrected chi connectivity index (χ4v) is 2.62. The highest BCUT2D eigenvalue weighted by Gasteiger charge is 2.17. The molecule has 0 aliphatic heterocycles. The molecule has 0 bridgehead atoms. The van der Waals surface area contributed by atoms with Gasteiger partial charge in [-0.3, -0.25) is 9.97 Å². The third-order valence-electron chi connectivity index (χ3n) is 3.74. The normalized spacial score (nSPS) is 10.4. The Bertz CT molecular complexity index is 737. The second-order valence-electron chi connectivity index (χ2n) is 5.10. The summed E-state index contributed by atoms with van der Waals surface area (Å²) in [6, 6.07) is 18.0. The molecule has 2 aromatic heterocycles. The highest BCUT2D eigenvalue weighted by atomic mass is 14.6. The van der Waals surface area contributed by atoms with E-state index in [-0.39, 0.29) is 5.92 Å². The van der Waals surface area contributed by atoms with Gasteiger partial charge in [0.15, 0.2) is 0 Å². The summed E-state index contributed by atoms with van der Waals surface area (Å²) in [5.41, 5.74) is 4.02. The maximum atomic E-state index is 9.30. The third kappa shape index (κ3) is 3.02. The SMILES string of the molecule is N#Cc1ccccc1CC(c1cccnc1)c1cccnc1. The Balaban J connectivity index is 2.02. The van der Waals surface area contributed by atoms with Gasteiger partial charge in [-0.25, -0.2) is 0 Å². The van der Waals surface area contributed by atoms with E-state index in [9.17, 15) is 5.26 Å². The third-order valence-corrected chi connectivity index (χ3v) is 3.74. The van der Waals surface area contributed by atoms with Gasteiger partial charge in [-0.15, -0.1) is 0 Å². The lowest BCUT2D eigenvalue weighted by atomic mass is 9.86. The molecule has 106 valence electrons. The highest BCUT2D eigenvalue weighted by molar-refractivity contribution is 5.40.